The summed E-state index contributed by atoms with van der Waals surface area (Å²) in [7, 11) is -3.45. The summed E-state index contributed by atoms with van der Waals surface area (Å²) < 4.78 is 27.0. The molecule has 6 heteroatoms. The van der Waals surface area contributed by atoms with E-state index >= 15 is 0 Å². The zero-order chi connectivity index (χ0) is 19.8. The second-order valence-corrected chi connectivity index (χ2v) is 9.83. The first-order chi connectivity index (χ1) is 13.4. The first kappa shape index (κ1) is 19.2. The minimum atomic E-state index is -3.45. The maximum absolute atomic E-state index is 12.9. The van der Waals surface area contributed by atoms with Crippen LogP contribution in [-0.2, 0) is 20.2 Å². The molecule has 1 saturated carbocycles. The molecule has 0 aromatic heterocycles. The number of nitrogens with zero attached hydrogens (tertiary/aromatic N) is 1. The minimum absolute atomic E-state index is 0.0234. The van der Waals surface area contributed by atoms with Crippen molar-refractivity contribution in [2.75, 3.05) is 18.4 Å². The Morgan fingerprint density at radius 2 is 1.68 bits per heavy atom. The molecule has 2 aliphatic rings. The zero-order valence-electron chi connectivity index (χ0n) is 16.1. The lowest BCUT2D eigenvalue weighted by atomic mass is 9.93. The number of hydrogen-bond acceptors (Lipinski definition) is 3. The number of anilines is 1. The van der Waals surface area contributed by atoms with Crippen LogP contribution < -0.4 is 5.32 Å². The summed E-state index contributed by atoms with van der Waals surface area (Å²) >= 11 is 0. The number of nitrogens with one attached hydrogen (secondary N) is 1. The molecule has 1 aliphatic heterocycles. The van der Waals surface area contributed by atoms with Crippen LogP contribution in [0.2, 0.25) is 0 Å². The molecule has 2 aromatic carbocycles. The van der Waals surface area contributed by atoms with Gasteiger partial charge in [0, 0.05) is 18.8 Å². The summed E-state index contributed by atoms with van der Waals surface area (Å²) in [6.45, 7) is 3.19. The number of benzene rings is 2. The van der Waals surface area contributed by atoms with E-state index in [-0.39, 0.29) is 10.8 Å². The van der Waals surface area contributed by atoms with Gasteiger partial charge in [-0.3, -0.25) is 4.79 Å². The fourth-order valence-electron chi connectivity index (χ4n) is 3.93. The van der Waals surface area contributed by atoms with E-state index in [1.54, 1.807) is 28.6 Å². The van der Waals surface area contributed by atoms with Gasteiger partial charge in [-0.25, -0.2) is 8.42 Å². The number of aryl methyl sites for hydroxylation is 1. The van der Waals surface area contributed by atoms with Crippen LogP contribution >= 0.6 is 0 Å². The maximum atomic E-state index is 12.9. The normalized spacial score (nSPS) is 19.2. The molecule has 0 bridgehead atoms. The Hall–Kier alpha value is -2.18. The molecule has 0 atom stereocenters. The van der Waals surface area contributed by atoms with Gasteiger partial charge in [0.1, 0.15) is 0 Å². The first-order valence-corrected chi connectivity index (χ1v) is 11.3. The molecule has 2 fully saturated rings. The van der Waals surface area contributed by atoms with E-state index in [1.807, 2.05) is 25.1 Å². The van der Waals surface area contributed by atoms with Gasteiger partial charge >= 0.3 is 0 Å². The van der Waals surface area contributed by atoms with Gasteiger partial charge in [0.2, 0.25) is 15.9 Å². The molecule has 0 spiro atoms. The number of hydrogen-bond donors (Lipinski definition) is 1. The molecule has 1 N–H and O–H groups in total. The van der Waals surface area contributed by atoms with Crippen molar-refractivity contribution >= 4 is 21.6 Å². The average molecular weight is 399 g/mol. The number of carbonyl (C=O) groups excluding carboxylic acids is 1. The highest BCUT2D eigenvalue weighted by Gasteiger charge is 2.51. The number of amides is 1. The van der Waals surface area contributed by atoms with Crippen molar-refractivity contribution in [2.45, 2.75) is 49.3 Å². The average Bonchev–Trinajstić information content (AvgIpc) is 3.51. The van der Waals surface area contributed by atoms with E-state index in [0.29, 0.717) is 18.8 Å². The standard InChI is InChI=1S/C22H26N2O3S/c1-17-6-5-7-18(16-17)22(12-13-22)21(25)23-19-8-10-20(11-9-19)28(26,27)24-14-3-2-4-15-24/h5-11,16H,2-4,12-15H2,1H3,(H,23,25). The van der Waals surface area contributed by atoms with Crippen LogP contribution in [-0.4, -0.2) is 31.7 Å². The van der Waals surface area contributed by atoms with E-state index in [9.17, 15) is 13.2 Å². The quantitative estimate of drug-likeness (QED) is 0.832. The van der Waals surface area contributed by atoms with Crippen LogP contribution in [0.3, 0.4) is 0 Å². The van der Waals surface area contributed by atoms with Gasteiger partial charge < -0.3 is 5.32 Å². The molecule has 1 aliphatic carbocycles. The Balaban J connectivity index is 1.48. The smallest absolute Gasteiger partial charge is 0.243 e. The van der Waals surface area contributed by atoms with E-state index in [1.165, 1.54) is 0 Å². The van der Waals surface area contributed by atoms with E-state index < -0.39 is 15.4 Å². The molecule has 148 valence electrons. The summed E-state index contributed by atoms with van der Waals surface area (Å²) in [5.41, 5.74) is 2.37. The van der Waals surface area contributed by atoms with Gasteiger partial charge in [0.15, 0.2) is 0 Å². The second kappa shape index (κ2) is 7.33. The Bertz CT molecular complexity index is 973. The molecule has 0 unspecified atom stereocenters. The number of piperidine rings is 1. The van der Waals surface area contributed by atoms with E-state index in [0.717, 1.165) is 43.2 Å². The molecule has 1 saturated heterocycles. The topological polar surface area (TPSA) is 66.5 Å². The van der Waals surface area contributed by atoms with Gasteiger partial charge in [-0.2, -0.15) is 4.31 Å². The molecule has 1 amide bonds. The molecular formula is C22H26N2O3S. The summed E-state index contributed by atoms with van der Waals surface area (Å²) in [5.74, 6) is -0.0234. The molecular weight excluding hydrogens is 372 g/mol. The monoisotopic (exact) mass is 398 g/mol. The summed E-state index contributed by atoms with van der Waals surface area (Å²) in [6.07, 6.45) is 4.58. The third-order valence-electron chi connectivity index (χ3n) is 5.82. The number of carbonyl (C=O) groups is 1. The van der Waals surface area contributed by atoms with Crippen molar-refractivity contribution in [3.63, 3.8) is 0 Å². The molecule has 5 nitrogen and oxygen atoms in total. The van der Waals surface area contributed by atoms with Crippen molar-refractivity contribution in [2.24, 2.45) is 0 Å². The van der Waals surface area contributed by atoms with Crippen LogP contribution in [0.5, 0.6) is 0 Å². The lowest BCUT2D eigenvalue weighted by Crippen LogP contribution is -2.35. The Kier molecular flexibility index (Phi) is 5.02. The first-order valence-electron chi connectivity index (χ1n) is 9.91. The van der Waals surface area contributed by atoms with Crippen LogP contribution in [0.1, 0.15) is 43.2 Å². The molecule has 0 radical (unpaired) electrons. The van der Waals surface area contributed by atoms with Crippen molar-refractivity contribution in [3.8, 4) is 0 Å². The highest BCUT2D eigenvalue weighted by molar-refractivity contribution is 7.89. The summed E-state index contributed by atoms with van der Waals surface area (Å²) in [5, 5.41) is 2.97. The fourth-order valence-corrected chi connectivity index (χ4v) is 5.45. The number of sulfonamides is 1. The van der Waals surface area contributed by atoms with Crippen LogP contribution in [0, 0.1) is 6.92 Å². The van der Waals surface area contributed by atoms with Gasteiger partial charge in [-0.05, 0) is 62.4 Å². The van der Waals surface area contributed by atoms with Gasteiger partial charge in [-0.15, -0.1) is 0 Å². The summed E-state index contributed by atoms with van der Waals surface area (Å²) in [6, 6.07) is 14.6. The maximum Gasteiger partial charge on any atom is 0.243 e. The van der Waals surface area contributed by atoms with Crippen molar-refractivity contribution in [3.05, 3.63) is 59.7 Å². The van der Waals surface area contributed by atoms with Crippen molar-refractivity contribution in [1.29, 1.82) is 0 Å². The predicted molar refractivity (Wildman–Crippen MR) is 110 cm³/mol. The van der Waals surface area contributed by atoms with Crippen LogP contribution in [0.25, 0.3) is 0 Å². The van der Waals surface area contributed by atoms with Gasteiger partial charge in [0.05, 0.1) is 10.3 Å². The Morgan fingerprint density at radius 3 is 2.29 bits per heavy atom. The van der Waals surface area contributed by atoms with E-state index in [4.69, 9.17) is 0 Å². The van der Waals surface area contributed by atoms with Gasteiger partial charge in [-0.1, -0.05) is 36.2 Å². The predicted octanol–water partition coefficient (Wildman–Crippen LogP) is 3.84. The Morgan fingerprint density at radius 1 is 1.00 bits per heavy atom. The zero-order valence-corrected chi connectivity index (χ0v) is 17.0. The second-order valence-electron chi connectivity index (χ2n) is 7.89. The van der Waals surface area contributed by atoms with Gasteiger partial charge in [0.25, 0.3) is 0 Å². The van der Waals surface area contributed by atoms with Crippen molar-refractivity contribution in [1.82, 2.24) is 4.31 Å². The molecule has 1 heterocycles. The minimum Gasteiger partial charge on any atom is -0.325 e. The fraction of sp³-hybridized carbons (Fsp3) is 0.409. The molecule has 28 heavy (non-hydrogen) atoms. The highest BCUT2D eigenvalue weighted by Crippen LogP contribution is 2.49. The number of rotatable bonds is 5. The van der Waals surface area contributed by atoms with Crippen molar-refractivity contribution < 1.29 is 13.2 Å². The SMILES string of the molecule is Cc1cccc(C2(C(=O)Nc3ccc(S(=O)(=O)N4CCCCC4)cc3)CC2)c1. The lowest BCUT2D eigenvalue weighted by molar-refractivity contribution is -0.118. The highest BCUT2D eigenvalue weighted by atomic mass is 32.2. The largest absolute Gasteiger partial charge is 0.325 e. The lowest BCUT2D eigenvalue weighted by Gasteiger charge is -2.26. The van der Waals surface area contributed by atoms with E-state index in [2.05, 4.69) is 11.4 Å². The Labute approximate surface area is 166 Å². The summed E-state index contributed by atoms with van der Waals surface area (Å²) in [4.78, 5) is 13.2. The van der Waals surface area contributed by atoms with Crippen LogP contribution in [0.4, 0.5) is 5.69 Å². The molecule has 2 aromatic rings. The third-order valence-corrected chi connectivity index (χ3v) is 7.73. The van der Waals surface area contributed by atoms with Crippen LogP contribution in [0.15, 0.2) is 53.4 Å². The molecule has 4 rings (SSSR count). The third kappa shape index (κ3) is 3.59.